The second-order valence-electron chi connectivity index (χ2n) is 4.82. The molecular weight excluding hydrogens is 256 g/mol. The molecule has 20 heavy (non-hydrogen) atoms. The van der Waals surface area contributed by atoms with Crippen LogP contribution in [0.4, 0.5) is 0 Å². The quantitative estimate of drug-likeness (QED) is 0.812. The van der Waals surface area contributed by atoms with E-state index in [1.807, 2.05) is 30.3 Å². The van der Waals surface area contributed by atoms with Crippen LogP contribution in [-0.4, -0.2) is 32.6 Å². The van der Waals surface area contributed by atoms with Gasteiger partial charge in [-0.1, -0.05) is 35.5 Å². The first kappa shape index (κ1) is 14.2. The summed E-state index contributed by atoms with van der Waals surface area (Å²) in [5, 5.41) is 19.9. The van der Waals surface area contributed by atoms with Gasteiger partial charge in [0.15, 0.2) is 0 Å². The largest absolute Gasteiger partial charge is 0.394 e. The molecule has 0 fully saturated rings. The smallest absolute Gasteiger partial charge is 0.222 e. The van der Waals surface area contributed by atoms with Crippen molar-refractivity contribution in [3.05, 3.63) is 48.3 Å². The molecule has 1 amide bonds. The molecule has 2 aromatic rings. The molecule has 106 valence electrons. The predicted molar refractivity (Wildman–Crippen MR) is 73.7 cm³/mol. The maximum absolute atomic E-state index is 12.0. The molecule has 0 saturated heterocycles. The lowest BCUT2D eigenvalue weighted by Gasteiger charge is -2.29. The Morgan fingerprint density at radius 2 is 2.15 bits per heavy atom. The Morgan fingerprint density at radius 3 is 2.75 bits per heavy atom. The number of aliphatic hydroxyl groups is 1. The number of rotatable bonds is 6. The van der Waals surface area contributed by atoms with Crippen LogP contribution in [0.5, 0.6) is 0 Å². The Hall–Kier alpha value is -2.21. The zero-order valence-electron chi connectivity index (χ0n) is 11.4. The van der Waals surface area contributed by atoms with E-state index in [1.165, 1.54) is 0 Å². The summed E-state index contributed by atoms with van der Waals surface area (Å²) in [6, 6.07) is 9.42. The molecule has 0 saturated carbocycles. The molecule has 0 spiro atoms. The SMILES string of the molecule is CC(CO)(NC(=O)CCn1ccnn1)c1ccccc1. The molecular formula is C14H18N4O2. The summed E-state index contributed by atoms with van der Waals surface area (Å²) < 4.78 is 1.60. The Balaban J connectivity index is 1.97. The molecule has 1 heterocycles. The number of aromatic nitrogens is 3. The van der Waals surface area contributed by atoms with Gasteiger partial charge < -0.3 is 10.4 Å². The van der Waals surface area contributed by atoms with Gasteiger partial charge in [0.1, 0.15) is 0 Å². The van der Waals surface area contributed by atoms with E-state index in [1.54, 1.807) is 24.0 Å². The number of nitrogens with zero attached hydrogens (tertiary/aromatic N) is 3. The van der Waals surface area contributed by atoms with E-state index in [-0.39, 0.29) is 18.9 Å². The Morgan fingerprint density at radius 1 is 1.40 bits per heavy atom. The zero-order valence-corrected chi connectivity index (χ0v) is 11.4. The maximum Gasteiger partial charge on any atom is 0.222 e. The fourth-order valence-corrected chi connectivity index (χ4v) is 1.95. The number of amides is 1. The molecule has 0 aliphatic rings. The highest BCUT2D eigenvalue weighted by Crippen LogP contribution is 2.19. The minimum atomic E-state index is -0.777. The van der Waals surface area contributed by atoms with Crippen LogP contribution >= 0.6 is 0 Å². The Bertz CT molecular complexity index is 542. The number of aryl methyl sites for hydroxylation is 1. The number of carbonyl (C=O) groups excluding carboxylic acids is 1. The molecule has 1 atom stereocenters. The van der Waals surface area contributed by atoms with Crippen molar-refractivity contribution in [1.29, 1.82) is 0 Å². The summed E-state index contributed by atoms with van der Waals surface area (Å²) in [4.78, 5) is 12.0. The van der Waals surface area contributed by atoms with Crippen molar-refractivity contribution in [3.8, 4) is 0 Å². The van der Waals surface area contributed by atoms with Crippen LogP contribution in [-0.2, 0) is 16.9 Å². The lowest BCUT2D eigenvalue weighted by molar-refractivity contribution is -0.123. The van der Waals surface area contributed by atoms with Crippen molar-refractivity contribution in [2.24, 2.45) is 0 Å². The van der Waals surface area contributed by atoms with Crippen molar-refractivity contribution in [3.63, 3.8) is 0 Å². The Labute approximate surface area is 117 Å². The molecule has 2 rings (SSSR count). The van der Waals surface area contributed by atoms with Crippen molar-refractivity contribution in [1.82, 2.24) is 20.3 Å². The molecule has 0 radical (unpaired) electrons. The molecule has 6 heteroatoms. The summed E-state index contributed by atoms with van der Waals surface area (Å²) in [7, 11) is 0. The van der Waals surface area contributed by atoms with E-state index in [2.05, 4.69) is 15.6 Å². The number of carbonyl (C=O) groups is 1. The van der Waals surface area contributed by atoms with Gasteiger partial charge in [-0.15, -0.1) is 5.10 Å². The molecule has 1 aromatic heterocycles. The van der Waals surface area contributed by atoms with Crippen molar-refractivity contribution in [2.75, 3.05) is 6.61 Å². The number of hydrogen-bond acceptors (Lipinski definition) is 4. The van der Waals surface area contributed by atoms with Gasteiger partial charge in [0.25, 0.3) is 0 Å². The van der Waals surface area contributed by atoms with Crippen molar-refractivity contribution >= 4 is 5.91 Å². The van der Waals surface area contributed by atoms with Crippen LogP contribution in [0.25, 0.3) is 0 Å². The van der Waals surface area contributed by atoms with Crippen LogP contribution < -0.4 is 5.32 Å². The second kappa shape index (κ2) is 6.29. The summed E-state index contributed by atoms with van der Waals surface area (Å²) in [5.74, 6) is -0.138. The molecule has 2 N–H and O–H groups in total. The van der Waals surface area contributed by atoms with E-state index in [0.717, 1.165) is 5.56 Å². The summed E-state index contributed by atoms with van der Waals surface area (Å²) >= 11 is 0. The number of benzene rings is 1. The molecule has 0 aliphatic carbocycles. The number of hydrogen-bond donors (Lipinski definition) is 2. The first-order chi connectivity index (χ1) is 9.64. The van der Waals surface area contributed by atoms with Gasteiger partial charge in [-0.05, 0) is 12.5 Å². The molecule has 6 nitrogen and oxygen atoms in total. The molecule has 0 bridgehead atoms. The predicted octanol–water partition coefficient (Wildman–Crippen LogP) is 0.692. The average molecular weight is 274 g/mol. The lowest BCUT2D eigenvalue weighted by atomic mass is 9.93. The third-order valence-electron chi connectivity index (χ3n) is 3.18. The topological polar surface area (TPSA) is 80.0 Å². The molecule has 0 aliphatic heterocycles. The molecule has 1 aromatic carbocycles. The van der Waals surface area contributed by atoms with Gasteiger partial charge in [-0.2, -0.15) is 0 Å². The summed E-state index contributed by atoms with van der Waals surface area (Å²) in [5.41, 5.74) is 0.0948. The Kier molecular flexibility index (Phi) is 4.47. The van der Waals surface area contributed by atoms with Gasteiger partial charge in [0.2, 0.25) is 5.91 Å². The fourth-order valence-electron chi connectivity index (χ4n) is 1.95. The van der Waals surface area contributed by atoms with Gasteiger partial charge in [0.05, 0.1) is 24.9 Å². The minimum Gasteiger partial charge on any atom is -0.394 e. The third-order valence-corrected chi connectivity index (χ3v) is 3.18. The summed E-state index contributed by atoms with van der Waals surface area (Å²) in [6.45, 7) is 2.10. The first-order valence-electron chi connectivity index (χ1n) is 6.45. The fraction of sp³-hybridized carbons (Fsp3) is 0.357. The van der Waals surface area contributed by atoms with E-state index in [4.69, 9.17) is 0 Å². The highest BCUT2D eigenvalue weighted by atomic mass is 16.3. The van der Waals surface area contributed by atoms with E-state index in [0.29, 0.717) is 6.54 Å². The van der Waals surface area contributed by atoms with Crippen molar-refractivity contribution in [2.45, 2.75) is 25.4 Å². The highest BCUT2D eigenvalue weighted by Gasteiger charge is 2.27. The minimum absolute atomic E-state index is 0.138. The summed E-state index contributed by atoms with van der Waals surface area (Å²) in [6.07, 6.45) is 3.56. The van der Waals surface area contributed by atoms with Gasteiger partial charge in [0, 0.05) is 12.6 Å². The van der Waals surface area contributed by atoms with Crippen LogP contribution in [0.2, 0.25) is 0 Å². The molecule has 1 unspecified atom stereocenters. The van der Waals surface area contributed by atoms with Crippen molar-refractivity contribution < 1.29 is 9.90 Å². The van der Waals surface area contributed by atoms with Crippen LogP contribution in [0.15, 0.2) is 42.7 Å². The second-order valence-corrected chi connectivity index (χ2v) is 4.82. The van der Waals surface area contributed by atoms with Gasteiger partial charge in [-0.25, -0.2) is 0 Å². The zero-order chi connectivity index (χ0) is 14.4. The van der Waals surface area contributed by atoms with Crippen LogP contribution in [0, 0.1) is 0 Å². The van der Waals surface area contributed by atoms with Crippen LogP contribution in [0.1, 0.15) is 18.9 Å². The maximum atomic E-state index is 12.0. The normalized spacial score (nSPS) is 13.7. The highest BCUT2D eigenvalue weighted by molar-refractivity contribution is 5.77. The van der Waals surface area contributed by atoms with E-state index < -0.39 is 5.54 Å². The lowest BCUT2D eigenvalue weighted by Crippen LogP contribution is -2.46. The number of aliphatic hydroxyl groups excluding tert-OH is 1. The first-order valence-corrected chi connectivity index (χ1v) is 6.45. The van der Waals surface area contributed by atoms with E-state index in [9.17, 15) is 9.90 Å². The van der Waals surface area contributed by atoms with Gasteiger partial charge >= 0.3 is 0 Å². The monoisotopic (exact) mass is 274 g/mol. The van der Waals surface area contributed by atoms with E-state index >= 15 is 0 Å². The van der Waals surface area contributed by atoms with Gasteiger partial charge in [-0.3, -0.25) is 9.48 Å². The van der Waals surface area contributed by atoms with Crippen LogP contribution in [0.3, 0.4) is 0 Å². The average Bonchev–Trinajstić information content (AvgIpc) is 2.99. The number of nitrogens with one attached hydrogen (secondary N) is 1. The standard InChI is InChI=1S/C14H18N4O2/c1-14(11-19,12-5-3-2-4-6-12)16-13(20)7-9-18-10-8-15-17-18/h2-6,8,10,19H,7,9,11H2,1H3,(H,16,20). The third kappa shape index (κ3) is 3.42.